The van der Waals surface area contributed by atoms with Crippen molar-refractivity contribution in [2.75, 3.05) is 19.8 Å². The molecule has 0 aliphatic rings. The van der Waals surface area contributed by atoms with Crippen LogP contribution in [0.1, 0.15) is 12.0 Å². The zero-order valence-corrected chi connectivity index (χ0v) is 15.7. The Labute approximate surface area is 157 Å². The molecule has 0 fully saturated rings. The monoisotopic (exact) mass is 367 g/mol. The quantitative estimate of drug-likeness (QED) is 0.478. The number of rotatable bonds is 5. The lowest BCUT2D eigenvalue weighted by Crippen LogP contribution is -2.17. The van der Waals surface area contributed by atoms with Crippen molar-refractivity contribution < 1.29 is 14.3 Å². The third kappa shape index (κ3) is 4.17. The lowest BCUT2D eigenvalue weighted by molar-refractivity contribution is -0.144. The summed E-state index contributed by atoms with van der Waals surface area (Å²) >= 11 is 1.13. The van der Waals surface area contributed by atoms with Gasteiger partial charge in [-0.2, -0.15) is 0 Å². The Kier molecular flexibility index (Phi) is 5.78. The topological polar surface area (TPSA) is 46.6 Å². The van der Waals surface area contributed by atoms with Crippen LogP contribution in [0.25, 0.3) is 21.5 Å². The minimum absolute atomic E-state index is 0.0575. The summed E-state index contributed by atoms with van der Waals surface area (Å²) in [6.07, 6.45) is 0.215. The normalized spacial score (nSPS) is 10.8. The first-order chi connectivity index (χ1) is 12.6. The van der Waals surface area contributed by atoms with Gasteiger partial charge in [-0.05, 0) is 27.6 Å². The van der Waals surface area contributed by atoms with Gasteiger partial charge in [0.15, 0.2) is 0 Å². The van der Waals surface area contributed by atoms with Gasteiger partial charge in [-0.3, -0.25) is 9.59 Å². The van der Waals surface area contributed by atoms with Gasteiger partial charge in [0.25, 0.3) is 5.24 Å². The van der Waals surface area contributed by atoms with E-state index in [1.165, 1.54) is 4.90 Å². The van der Waals surface area contributed by atoms with Gasteiger partial charge in [0.1, 0.15) is 6.61 Å². The van der Waals surface area contributed by atoms with E-state index >= 15 is 0 Å². The number of fused-ring (bicyclic) bond motifs is 2. The summed E-state index contributed by atoms with van der Waals surface area (Å²) < 4.78 is 5.51. The molecule has 0 radical (unpaired) electrons. The highest BCUT2D eigenvalue weighted by atomic mass is 32.2. The predicted octanol–water partition coefficient (Wildman–Crippen LogP) is 4.84. The molecule has 0 saturated carbocycles. The highest BCUT2D eigenvalue weighted by molar-refractivity contribution is 8.13. The zero-order valence-electron chi connectivity index (χ0n) is 14.9. The molecule has 0 saturated heterocycles. The molecular formula is C21H21NO3S. The SMILES string of the molecule is CN(C)C(=O)SCCC(=O)OCc1c2ccccc2cc2ccccc12. The molecule has 134 valence electrons. The van der Waals surface area contributed by atoms with E-state index in [0.29, 0.717) is 5.75 Å². The van der Waals surface area contributed by atoms with E-state index < -0.39 is 0 Å². The number of hydrogen-bond donors (Lipinski definition) is 0. The van der Waals surface area contributed by atoms with Crippen LogP contribution in [0, 0.1) is 0 Å². The van der Waals surface area contributed by atoms with E-state index in [0.717, 1.165) is 38.9 Å². The molecule has 0 aliphatic heterocycles. The number of hydrogen-bond acceptors (Lipinski definition) is 4. The second-order valence-electron chi connectivity index (χ2n) is 6.22. The van der Waals surface area contributed by atoms with Crippen molar-refractivity contribution in [2.45, 2.75) is 13.0 Å². The maximum atomic E-state index is 12.1. The van der Waals surface area contributed by atoms with Crippen molar-refractivity contribution in [3.8, 4) is 0 Å². The van der Waals surface area contributed by atoms with Gasteiger partial charge >= 0.3 is 5.97 Å². The summed E-state index contributed by atoms with van der Waals surface area (Å²) in [5, 5.41) is 4.39. The van der Waals surface area contributed by atoms with Crippen molar-refractivity contribution in [1.29, 1.82) is 0 Å². The zero-order chi connectivity index (χ0) is 18.5. The van der Waals surface area contributed by atoms with Gasteiger partial charge in [-0.15, -0.1) is 0 Å². The molecule has 0 aliphatic carbocycles. The molecule has 1 amide bonds. The minimum Gasteiger partial charge on any atom is -0.461 e. The first-order valence-corrected chi connectivity index (χ1v) is 9.44. The van der Waals surface area contributed by atoms with E-state index in [9.17, 15) is 9.59 Å². The van der Waals surface area contributed by atoms with Crippen LogP contribution in [0.5, 0.6) is 0 Å². The van der Waals surface area contributed by atoms with Crippen LogP contribution < -0.4 is 0 Å². The van der Waals surface area contributed by atoms with E-state index in [2.05, 4.69) is 30.3 Å². The van der Waals surface area contributed by atoms with E-state index in [4.69, 9.17) is 4.74 Å². The second kappa shape index (κ2) is 8.23. The summed E-state index contributed by atoms with van der Waals surface area (Å²) in [6, 6.07) is 18.4. The number of esters is 1. The lowest BCUT2D eigenvalue weighted by atomic mass is 9.97. The van der Waals surface area contributed by atoms with Gasteiger partial charge in [0.2, 0.25) is 0 Å². The van der Waals surface area contributed by atoms with Crippen molar-refractivity contribution in [1.82, 2.24) is 4.90 Å². The van der Waals surface area contributed by atoms with Crippen LogP contribution in [-0.2, 0) is 16.1 Å². The Morgan fingerprint density at radius 2 is 1.54 bits per heavy atom. The van der Waals surface area contributed by atoms with Crippen molar-refractivity contribution in [3.05, 3.63) is 60.2 Å². The summed E-state index contributed by atoms with van der Waals surface area (Å²) in [7, 11) is 3.39. The number of amides is 1. The smallest absolute Gasteiger partial charge is 0.306 e. The fourth-order valence-corrected chi connectivity index (χ4v) is 3.54. The van der Waals surface area contributed by atoms with E-state index in [1.54, 1.807) is 14.1 Å². The van der Waals surface area contributed by atoms with Crippen LogP contribution >= 0.6 is 11.8 Å². The maximum Gasteiger partial charge on any atom is 0.306 e. The Hall–Kier alpha value is -2.53. The summed E-state index contributed by atoms with van der Waals surface area (Å²) in [5.74, 6) is 0.132. The molecule has 3 aromatic carbocycles. The summed E-state index contributed by atoms with van der Waals surface area (Å²) in [6.45, 7) is 0.229. The van der Waals surface area contributed by atoms with E-state index in [1.807, 2.05) is 24.3 Å². The first-order valence-electron chi connectivity index (χ1n) is 8.45. The standard InChI is InChI=1S/C21H21NO3S/c1-22(2)21(24)26-12-11-20(23)25-14-19-17-9-5-3-7-15(17)13-16-8-4-6-10-18(16)19/h3-10,13H,11-12,14H2,1-2H3. The number of thioether (sulfide) groups is 1. The van der Waals surface area contributed by atoms with Gasteiger partial charge in [-0.1, -0.05) is 60.3 Å². The summed E-state index contributed by atoms with van der Waals surface area (Å²) in [5.41, 5.74) is 1.02. The lowest BCUT2D eigenvalue weighted by Gasteiger charge is -2.12. The average molecular weight is 367 g/mol. The molecular weight excluding hydrogens is 346 g/mol. The van der Waals surface area contributed by atoms with Gasteiger partial charge in [0.05, 0.1) is 6.42 Å². The van der Waals surface area contributed by atoms with Crippen molar-refractivity contribution in [2.24, 2.45) is 0 Å². The molecule has 0 heterocycles. The number of nitrogens with zero attached hydrogens (tertiary/aromatic N) is 1. The van der Waals surface area contributed by atoms with Crippen LogP contribution in [0.4, 0.5) is 4.79 Å². The molecule has 26 heavy (non-hydrogen) atoms. The predicted molar refractivity (Wildman–Crippen MR) is 107 cm³/mol. The molecule has 4 nitrogen and oxygen atoms in total. The molecule has 3 aromatic rings. The van der Waals surface area contributed by atoms with Crippen LogP contribution in [-0.4, -0.2) is 36.0 Å². The Balaban J connectivity index is 1.73. The number of benzene rings is 3. The van der Waals surface area contributed by atoms with Crippen molar-refractivity contribution in [3.63, 3.8) is 0 Å². The molecule has 0 aromatic heterocycles. The second-order valence-corrected chi connectivity index (χ2v) is 7.26. The average Bonchev–Trinajstić information content (AvgIpc) is 2.64. The molecule has 0 spiro atoms. The molecule has 0 unspecified atom stereocenters. The van der Waals surface area contributed by atoms with Crippen LogP contribution in [0.15, 0.2) is 54.6 Å². The van der Waals surface area contributed by atoms with Crippen LogP contribution in [0.3, 0.4) is 0 Å². The molecule has 0 bridgehead atoms. The Morgan fingerprint density at radius 3 is 2.12 bits per heavy atom. The minimum atomic E-state index is -0.291. The third-order valence-electron chi connectivity index (χ3n) is 4.16. The largest absolute Gasteiger partial charge is 0.461 e. The number of ether oxygens (including phenoxy) is 1. The van der Waals surface area contributed by atoms with Crippen molar-refractivity contribution >= 4 is 44.5 Å². The molecule has 3 rings (SSSR count). The summed E-state index contributed by atoms with van der Waals surface area (Å²) in [4.78, 5) is 25.1. The Morgan fingerprint density at radius 1 is 0.962 bits per heavy atom. The third-order valence-corrected chi connectivity index (χ3v) is 5.18. The highest BCUT2D eigenvalue weighted by Crippen LogP contribution is 2.29. The highest BCUT2D eigenvalue weighted by Gasteiger charge is 2.11. The maximum absolute atomic E-state index is 12.1. The fourth-order valence-electron chi connectivity index (χ4n) is 2.84. The number of carbonyl (C=O) groups is 2. The fraction of sp³-hybridized carbons (Fsp3) is 0.238. The molecule has 0 atom stereocenters. The molecule has 0 N–H and O–H groups in total. The van der Waals surface area contributed by atoms with Gasteiger partial charge in [0, 0.05) is 25.4 Å². The van der Waals surface area contributed by atoms with E-state index in [-0.39, 0.29) is 24.2 Å². The number of carbonyl (C=O) groups excluding carboxylic acids is 2. The van der Waals surface area contributed by atoms with Crippen LogP contribution in [0.2, 0.25) is 0 Å². The first kappa shape index (κ1) is 18.3. The van der Waals surface area contributed by atoms with Gasteiger partial charge < -0.3 is 9.64 Å². The van der Waals surface area contributed by atoms with Gasteiger partial charge in [-0.25, -0.2) is 0 Å². The Bertz CT molecular complexity index is 898. The molecule has 5 heteroatoms.